The molecule has 1 aromatic heterocycles. The second-order valence-corrected chi connectivity index (χ2v) is 13.3. The molecule has 2 unspecified atom stereocenters. The summed E-state index contributed by atoms with van der Waals surface area (Å²) < 4.78 is 138. The summed E-state index contributed by atoms with van der Waals surface area (Å²) in [6.45, 7) is 3.34. The van der Waals surface area contributed by atoms with Gasteiger partial charge in [0.15, 0.2) is 5.78 Å². The maximum Gasteiger partial charge on any atom is 0.417 e. The maximum absolute atomic E-state index is 14.3. The van der Waals surface area contributed by atoms with Gasteiger partial charge in [0, 0.05) is 62.6 Å². The first kappa shape index (κ1) is 36.1. The SMILES string of the molecule is CC1CN(S(=O)(=O)c2cn(C)nn2)C(C)CN1C1(CCC(=O)c2ccc(C(F)(F)F)cc2C(F)(F)F)CCC(F)(F)CC1.Cl. The minimum absolute atomic E-state index is 0. The number of carbonyl (C=O) groups excluding carboxylic acids is 1. The summed E-state index contributed by atoms with van der Waals surface area (Å²) >= 11 is 0. The summed E-state index contributed by atoms with van der Waals surface area (Å²) in [5.41, 5.74) is -5.29. The van der Waals surface area contributed by atoms with Crippen molar-refractivity contribution in [1.29, 1.82) is 0 Å². The van der Waals surface area contributed by atoms with Crippen LogP contribution in [0, 0.1) is 0 Å². The predicted octanol–water partition coefficient (Wildman–Crippen LogP) is 5.97. The van der Waals surface area contributed by atoms with E-state index in [1.165, 1.54) is 22.2 Å². The van der Waals surface area contributed by atoms with Gasteiger partial charge in [0.25, 0.3) is 10.0 Å². The predicted molar refractivity (Wildman–Crippen MR) is 144 cm³/mol. The highest BCUT2D eigenvalue weighted by molar-refractivity contribution is 7.89. The van der Waals surface area contributed by atoms with Gasteiger partial charge >= 0.3 is 12.4 Å². The molecule has 8 nitrogen and oxygen atoms in total. The molecule has 0 amide bonds. The Bertz CT molecular complexity index is 1450. The molecule has 0 radical (unpaired) electrons. The van der Waals surface area contributed by atoms with Crippen molar-refractivity contribution < 1.29 is 48.3 Å². The normalized spacial score (nSPS) is 23.2. The fourth-order valence-corrected chi connectivity index (χ4v) is 7.71. The fourth-order valence-electron chi connectivity index (χ4n) is 6.10. The van der Waals surface area contributed by atoms with Crippen LogP contribution in [0.5, 0.6) is 0 Å². The van der Waals surface area contributed by atoms with Crippen molar-refractivity contribution in [2.24, 2.45) is 7.05 Å². The lowest BCUT2D eigenvalue weighted by Crippen LogP contribution is -2.65. The molecule has 2 atom stereocenters. The summed E-state index contributed by atoms with van der Waals surface area (Å²) in [5, 5.41) is 7.08. The Balaban J connectivity index is 0.00000529. The smallest absolute Gasteiger partial charge is 0.294 e. The molecule has 1 saturated heterocycles. The number of aromatic nitrogens is 3. The Morgan fingerprint density at radius 1 is 0.977 bits per heavy atom. The number of piperazine rings is 1. The monoisotopic (exact) mass is 681 g/mol. The van der Waals surface area contributed by atoms with E-state index >= 15 is 0 Å². The van der Waals surface area contributed by atoms with Crippen molar-refractivity contribution in [2.75, 3.05) is 13.1 Å². The Labute approximate surface area is 255 Å². The molecule has 2 fully saturated rings. The summed E-state index contributed by atoms with van der Waals surface area (Å²) in [4.78, 5) is 15.0. The number of benzene rings is 1. The van der Waals surface area contributed by atoms with Crippen LogP contribution >= 0.6 is 12.4 Å². The average Bonchev–Trinajstić information content (AvgIpc) is 3.35. The number of hydrogen-bond acceptors (Lipinski definition) is 6. The summed E-state index contributed by atoms with van der Waals surface area (Å²) in [5.74, 6) is -4.06. The lowest BCUT2D eigenvalue weighted by Gasteiger charge is -2.55. The second kappa shape index (κ2) is 12.4. The van der Waals surface area contributed by atoms with E-state index in [4.69, 9.17) is 0 Å². The van der Waals surface area contributed by atoms with Crippen molar-refractivity contribution in [2.45, 2.75) is 93.3 Å². The fraction of sp³-hybridized carbons (Fsp3) is 0.654. The van der Waals surface area contributed by atoms with Crippen LogP contribution in [0.15, 0.2) is 29.4 Å². The number of Topliss-reactive ketones (excluding diaryl/α,β-unsaturated/α-hetero) is 1. The van der Waals surface area contributed by atoms with Crippen molar-refractivity contribution in [3.05, 3.63) is 41.1 Å². The van der Waals surface area contributed by atoms with E-state index in [2.05, 4.69) is 10.3 Å². The molecule has 2 aromatic rings. The summed E-state index contributed by atoms with van der Waals surface area (Å²) in [6, 6.07) is -0.410. The van der Waals surface area contributed by atoms with Crippen LogP contribution in [-0.2, 0) is 29.4 Å². The topological polar surface area (TPSA) is 88.4 Å². The molecule has 1 aliphatic carbocycles. The third-order valence-corrected chi connectivity index (χ3v) is 10.2. The first-order chi connectivity index (χ1) is 19.7. The molecular weight excluding hydrogens is 650 g/mol. The molecule has 18 heteroatoms. The van der Waals surface area contributed by atoms with Crippen molar-refractivity contribution >= 4 is 28.2 Å². The molecule has 44 heavy (non-hydrogen) atoms. The number of alkyl halides is 8. The molecule has 248 valence electrons. The van der Waals surface area contributed by atoms with Crippen molar-refractivity contribution in [1.82, 2.24) is 24.2 Å². The Hall–Kier alpha value is -2.37. The van der Waals surface area contributed by atoms with Crippen LogP contribution in [0.1, 0.15) is 73.9 Å². The molecule has 4 rings (SSSR count). The van der Waals surface area contributed by atoms with Gasteiger partial charge in [0.2, 0.25) is 10.9 Å². The highest BCUT2D eigenvalue weighted by Gasteiger charge is 2.51. The van der Waals surface area contributed by atoms with Gasteiger partial charge in [0.05, 0.1) is 17.3 Å². The Morgan fingerprint density at radius 3 is 2.11 bits per heavy atom. The summed E-state index contributed by atoms with van der Waals surface area (Å²) in [7, 11) is -2.56. The maximum atomic E-state index is 14.3. The van der Waals surface area contributed by atoms with Crippen LogP contribution in [0.2, 0.25) is 0 Å². The molecule has 0 N–H and O–H groups in total. The highest BCUT2D eigenvalue weighted by Crippen LogP contribution is 2.46. The van der Waals surface area contributed by atoms with Crippen LogP contribution in [0.4, 0.5) is 35.1 Å². The van der Waals surface area contributed by atoms with E-state index in [1.807, 2.05) is 4.90 Å². The van der Waals surface area contributed by atoms with E-state index in [0.717, 1.165) is 0 Å². The average molecular weight is 682 g/mol. The van der Waals surface area contributed by atoms with Gasteiger partial charge in [-0.2, -0.15) is 30.6 Å². The van der Waals surface area contributed by atoms with Crippen LogP contribution in [-0.4, -0.2) is 75.0 Å². The van der Waals surface area contributed by atoms with Gasteiger partial charge in [-0.1, -0.05) is 11.3 Å². The minimum Gasteiger partial charge on any atom is -0.294 e. The molecule has 1 aromatic carbocycles. The van der Waals surface area contributed by atoms with Gasteiger partial charge in [-0.15, -0.1) is 17.5 Å². The van der Waals surface area contributed by atoms with Gasteiger partial charge in [-0.05, 0) is 45.2 Å². The van der Waals surface area contributed by atoms with Crippen LogP contribution < -0.4 is 0 Å². The Morgan fingerprint density at radius 2 is 1.59 bits per heavy atom. The van der Waals surface area contributed by atoms with E-state index in [-0.39, 0.29) is 55.9 Å². The van der Waals surface area contributed by atoms with E-state index in [1.54, 1.807) is 13.8 Å². The molecular formula is C26H32ClF8N5O3S. The molecule has 0 spiro atoms. The molecule has 2 heterocycles. The molecule has 1 aliphatic heterocycles. The van der Waals surface area contributed by atoms with Crippen molar-refractivity contribution in [3.8, 4) is 0 Å². The van der Waals surface area contributed by atoms with E-state index < -0.39 is 87.7 Å². The van der Waals surface area contributed by atoms with Gasteiger partial charge < -0.3 is 0 Å². The minimum atomic E-state index is -5.24. The molecule has 2 aliphatic rings. The first-order valence-corrected chi connectivity index (χ1v) is 14.9. The third-order valence-electron chi connectivity index (χ3n) is 8.38. The third kappa shape index (κ3) is 7.36. The van der Waals surface area contributed by atoms with Gasteiger partial charge in [0.1, 0.15) is 0 Å². The standard InChI is InChI=1S/C26H31F8N5O3S.ClH/c1-16-14-39(43(41,42)22-15-37(3)36-35-22)17(2)13-38(16)23(8-10-24(27,28)11-9-23)7-6-21(40)19-5-4-18(25(29,30)31)12-20(19)26(32,33)34;/h4-5,12,15-17H,6-11,13-14H2,1-3H3;1H. The number of carbonyl (C=O) groups is 1. The van der Waals surface area contributed by atoms with Crippen LogP contribution in [0.25, 0.3) is 0 Å². The molecule has 0 bridgehead atoms. The lowest BCUT2D eigenvalue weighted by molar-refractivity contribution is -0.143. The highest BCUT2D eigenvalue weighted by atomic mass is 35.5. The number of sulfonamides is 1. The Kier molecular flexibility index (Phi) is 10.2. The number of hydrogen-bond donors (Lipinski definition) is 0. The number of aryl methyl sites for hydroxylation is 1. The molecule has 1 saturated carbocycles. The van der Waals surface area contributed by atoms with Gasteiger partial charge in [-0.25, -0.2) is 17.2 Å². The number of nitrogens with zero attached hydrogens (tertiary/aromatic N) is 5. The zero-order chi connectivity index (χ0) is 32.2. The largest absolute Gasteiger partial charge is 0.417 e. The summed E-state index contributed by atoms with van der Waals surface area (Å²) in [6.07, 6.45) is -11.1. The van der Waals surface area contributed by atoms with E-state index in [9.17, 15) is 48.3 Å². The van der Waals surface area contributed by atoms with E-state index in [0.29, 0.717) is 12.1 Å². The number of rotatable bonds is 7. The van der Waals surface area contributed by atoms with Crippen molar-refractivity contribution in [3.63, 3.8) is 0 Å². The second-order valence-electron chi connectivity index (χ2n) is 11.4. The van der Waals surface area contributed by atoms with Gasteiger partial charge in [-0.3, -0.25) is 14.4 Å². The lowest BCUT2D eigenvalue weighted by atomic mass is 9.73. The zero-order valence-electron chi connectivity index (χ0n) is 23.9. The first-order valence-electron chi connectivity index (χ1n) is 13.5. The number of halogens is 9. The number of ketones is 1. The van der Waals surface area contributed by atoms with Crippen LogP contribution in [0.3, 0.4) is 0 Å². The quantitative estimate of drug-likeness (QED) is 0.265. The zero-order valence-corrected chi connectivity index (χ0v) is 25.6.